The van der Waals surface area contributed by atoms with Crippen LogP contribution in [0.3, 0.4) is 0 Å². The van der Waals surface area contributed by atoms with E-state index in [0.29, 0.717) is 24.7 Å². The normalized spacial score (nSPS) is 9.59. The highest BCUT2D eigenvalue weighted by atomic mass is 16.5. The Labute approximate surface area is 129 Å². The summed E-state index contributed by atoms with van der Waals surface area (Å²) < 4.78 is 11.1. The highest BCUT2D eigenvalue weighted by Crippen LogP contribution is 2.17. The van der Waals surface area contributed by atoms with Gasteiger partial charge >= 0.3 is 0 Å². The van der Waals surface area contributed by atoms with Crippen LogP contribution in [0.15, 0.2) is 54.6 Å². The van der Waals surface area contributed by atoms with Gasteiger partial charge in [0.15, 0.2) is 0 Å². The van der Waals surface area contributed by atoms with Gasteiger partial charge in [-0.2, -0.15) is 5.26 Å². The van der Waals surface area contributed by atoms with Crippen molar-refractivity contribution >= 4 is 11.6 Å². The van der Waals surface area contributed by atoms with Crippen LogP contribution < -0.4 is 14.8 Å². The summed E-state index contributed by atoms with van der Waals surface area (Å²) in [5.41, 5.74) is 0.599. The molecule has 0 bridgehead atoms. The fourth-order valence-corrected chi connectivity index (χ4v) is 1.78. The molecule has 0 atom stereocenters. The van der Waals surface area contributed by atoms with Gasteiger partial charge in [0.05, 0.1) is 6.07 Å². The quantitative estimate of drug-likeness (QED) is 0.797. The maximum atomic E-state index is 11.3. The summed E-state index contributed by atoms with van der Waals surface area (Å²) in [6.45, 7) is 0.819. The molecule has 1 N–H and O–H groups in total. The fraction of sp³-hybridized carbons (Fsp3) is 0.176. The average Bonchev–Trinajstić information content (AvgIpc) is 2.53. The van der Waals surface area contributed by atoms with Gasteiger partial charge in [-0.25, -0.2) is 0 Å². The third-order valence-corrected chi connectivity index (χ3v) is 2.72. The Balaban J connectivity index is 1.78. The van der Waals surface area contributed by atoms with Gasteiger partial charge in [-0.3, -0.25) is 4.79 Å². The SMILES string of the molecule is N#CCC(=O)Nc1cccc(OCCOc2ccccc2)c1. The molecule has 0 spiro atoms. The number of amides is 1. The Morgan fingerprint density at radius 1 is 1.00 bits per heavy atom. The lowest BCUT2D eigenvalue weighted by Crippen LogP contribution is -2.11. The zero-order valence-electron chi connectivity index (χ0n) is 12.0. The molecule has 0 aliphatic carbocycles. The first kappa shape index (κ1) is 15.4. The highest BCUT2D eigenvalue weighted by Gasteiger charge is 2.02. The first-order valence-corrected chi connectivity index (χ1v) is 6.85. The molecular formula is C17H16N2O3. The van der Waals surface area contributed by atoms with Crippen LogP contribution in [0.5, 0.6) is 11.5 Å². The van der Waals surface area contributed by atoms with E-state index in [1.54, 1.807) is 30.3 Å². The van der Waals surface area contributed by atoms with Crippen LogP contribution in [-0.4, -0.2) is 19.1 Å². The van der Waals surface area contributed by atoms with E-state index in [2.05, 4.69) is 5.32 Å². The molecule has 1 amide bonds. The summed E-state index contributed by atoms with van der Waals surface area (Å²) >= 11 is 0. The van der Waals surface area contributed by atoms with Crippen LogP contribution in [0.25, 0.3) is 0 Å². The molecule has 2 rings (SSSR count). The predicted octanol–water partition coefficient (Wildman–Crippen LogP) is 3.00. The number of rotatable bonds is 7. The summed E-state index contributed by atoms with van der Waals surface area (Å²) in [4.78, 5) is 11.3. The van der Waals surface area contributed by atoms with Crippen molar-refractivity contribution < 1.29 is 14.3 Å². The Hall–Kier alpha value is -3.00. The van der Waals surface area contributed by atoms with E-state index in [0.717, 1.165) is 5.75 Å². The average molecular weight is 296 g/mol. The molecule has 0 fully saturated rings. The lowest BCUT2D eigenvalue weighted by molar-refractivity contribution is -0.115. The van der Waals surface area contributed by atoms with Gasteiger partial charge in [0, 0.05) is 11.8 Å². The summed E-state index contributed by atoms with van der Waals surface area (Å²) in [5, 5.41) is 11.1. The number of benzene rings is 2. The molecule has 0 aliphatic rings. The summed E-state index contributed by atoms with van der Waals surface area (Å²) in [6.07, 6.45) is -0.171. The third kappa shape index (κ3) is 5.17. The van der Waals surface area contributed by atoms with Crippen molar-refractivity contribution in [2.45, 2.75) is 6.42 Å². The zero-order chi connectivity index (χ0) is 15.6. The molecule has 0 radical (unpaired) electrons. The second-order valence-corrected chi connectivity index (χ2v) is 4.42. The van der Waals surface area contributed by atoms with Crippen LogP contribution >= 0.6 is 0 Å². The van der Waals surface area contributed by atoms with Crippen LogP contribution in [0.4, 0.5) is 5.69 Å². The minimum absolute atomic E-state index is 0.171. The Morgan fingerprint density at radius 3 is 2.41 bits per heavy atom. The largest absolute Gasteiger partial charge is 0.490 e. The third-order valence-electron chi connectivity index (χ3n) is 2.72. The number of para-hydroxylation sites is 1. The van der Waals surface area contributed by atoms with E-state index in [9.17, 15) is 4.79 Å². The Kier molecular flexibility index (Phi) is 5.82. The van der Waals surface area contributed by atoms with Crippen molar-refractivity contribution in [2.24, 2.45) is 0 Å². The number of hydrogen-bond donors (Lipinski definition) is 1. The van der Waals surface area contributed by atoms with E-state index in [4.69, 9.17) is 14.7 Å². The smallest absolute Gasteiger partial charge is 0.238 e. The minimum Gasteiger partial charge on any atom is -0.490 e. The lowest BCUT2D eigenvalue weighted by Gasteiger charge is -2.09. The standard InChI is InChI=1S/C17H16N2O3/c18-10-9-17(20)19-14-5-4-8-16(13-14)22-12-11-21-15-6-2-1-3-7-15/h1-8,13H,9,11-12H2,(H,19,20). The van der Waals surface area contributed by atoms with Crippen molar-refractivity contribution in [3.63, 3.8) is 0 Å². The summed E-state index contributed by atoms with van der Waals surface area (Å²) in [5.74, 6) is 1.09. The van der Waals surface area contributed by atoms with E-state index in [1.807, 2.05) is 30.3 Å². The van der Waals surface area contributed by atoms with E-state index >= 15 is 0 Å². The van der Waals surface area contributed by atoms with Gasteiger partial charge in [0.2, 0.25) is 5.91 Å². The number of nitriles is 1. The molecule has 0 saturated carbocycles. The summed E-state index contributed by atoms with van der Waals surface area (Å²) in [7, 11) is 0. The Bertz CT molecular complexity index is 650. The molecule has 0 aromatic heterocycles. The molecule has 5 nitrogen and oxygen atoms in total. The van der Waals surface area contributed by atoms with Gasteiger partial charge in [-0.05, 0) is 24.3 Å². The van der Waals surface area contributed by atoms with Crippen LogP contribution in [0.2, 0.25) is 0 Å². The van der Waals surface area contributed by atoms with Crippen LogP contribution in [-0.2, 0) is 4.79 Å². The lowest BCUT2D eigenvalue weighted by atomic mass is 10.3. The maximum Gasteiger partial charge on any atom is 0.238 e. The molecule has 0 aliphatic heterocycles. The number of ether oxygens (including phenoxy) is 2. The van der Waals surface area contributed by atoms with Gasteiger partial charge in [-0.1, -0.05) is 24.3 Å². The molecule has 2 aromatic carbocycles. The number of carbonyl (C=O) groups is 1. The number of nitrogens with zero attached hydrogens (tertiary/aromatic N) is 1. The number of nitrogens with one attached hydrogen (secondary N) is 1. The molecule has 0 unspecified atom stereocenters. The zero-order valence-corrected chi connectivity index (χ0v) is 12.0. The summed E-state index contributed by atoms with van der Waals surface area (Å²) in [6, 6.07) is 18.3. The van der Waals surface area contributed by atoms with Gasteiger partial charge in [-0.15, -0.1) is 0 Å². The van der Waals surface area contributed by atoms with Crippen LogP contribution in [0.1, 0.15) is 6.42 Å². The van der Waals surface area contributed by atoms with Gasteiger partial charge in [0.25, 0.3) is 0 Å². The molecule has 5 heteroatoms. The molecule has 22 heavy (non-hydrogen) atoms. The molecule has 2 aromatic rings. The van der Waals surface area contributed by atoms with Crippen molar-refractivity contribution in [1.29, 1.82) is 5.26 Å². The first-order chi connectivity index (χ1) is 10.8. The number of anilines is 1. The topological polar surface area (TPSA) is 71.4 Å². The van der Waals surface area contributed by atoms with Gasteiger partial charge < -0.3 is 14.8 Å². The highest BCUT2D eigenvalue weighted by molar-refractivity contribution is 5.92. The Morgan fingerprint density at radius 2 is 1.68 bits per heavy atom. The monoisotopic (exact) mass is 296 g/mol. The first-order valence-electron chi connectivity index (χ1n) is 6.85. The second-order valence-electron chi connectivity index (χ2n) is 4.42. The van der Waals surface area contributed by atoms with Crippen LogP contribution in [0, 0.1) is 11.3 Å². The fourth-order valence-electron chi connectivity index (χ4n) is 1.78. The van der Waals surface area contributed by atoms with Gasteiger partial charge in [0.1, 0.15) is 31.1 Å². The van der Waals surface area contributed by atoms with E-state index in [1.165, 1.54) is 0 Å². The van der Waals surface area contributed by atoms with Crippen molar-refractivity contribution in [3.8, 4) is 17.6 Å². The van der Waals surface area contributed by atoms with Crippen molar-refractivity contribution in [3.05, 3.63) is 54.6 Å². The molecular weight excluding hydrogens is 280 g/mol. The molecule has 0 heterocycles. The predicted molar refractivity (Wildman–Crippen MR) is 82.7 cm³/mol. The number of hydrogen-bond acceptors (Lipinski definition) is 4. The van der Waals surface area contributed by atoms with E-state index < -0.39 is 0 Å². The minimum atomic E-state index is -0.341. The van der Waals surface area contributed by atoms with E-state index in [-0.39, 0.29) is 12.3 Å². The van der Waals surface area contributed by atoms with Crippen molar-refractivity contribution in [2.75, 3.05) is 18.5 Å². The second kappa shape index (κ2) is 8.32. The van der Waals surface area contributed by atoms with Crippen molar-refractivity contribution in [1.82, 2.24) is 0 Å². The molecule has 0 saturated heterocycles. The maximum absolute atomic E-state index is 11.3. The molecule has 112 valence electrons. The number of carbonyl (C=O) groups excluding carboxylic acids is 1.